The van der Waals surface area contributed by atoms with Crippen molar-refractivity contribution in [2.75, 3.05) is 5.32 Å². The molecule has 0 aliphatic rings. The van der Waals surface area contributed by atoms with Crippen molar-refractivity contribution in [3.05, 3.63) is 23.5 Å². The van der Waals surface area contributed by atoms with Crippen LogP contribution in [0.4, 0.5) is 5.69 Å². The first-order chi connectivity index (χ1) is 6.65. The average molecular weight is 215 g/mol. The second kappa shape index (κ2) is 4.81. The van der Waals surface area contributed by atoms with E-state index in [1.807, 2.05) is 0 Å². The second-order valence-corrected chi connectivity index (χ2v) is 3.14. The van der Waals surface area contributed by atoms with Crippen LogP contribution >= 0.6 is 11.6 Å². The van der Waals surface area contributed by atoms with Crippen LogP contribution in [0.25, 0.3) is 0 Å². The number of aliphatic carboxylic acids is 1. The van der Waals surface area contributed by atoms with Gasteiger partial charge in [-0.2, -0.15) is 0 Å². The maximum absolute atomic E-state index is 10.7. The number of hydrogen-bond acceptors (Lipinski definition) is 3. The van der Waals surface area contributed by atoms with Crippen molar-refractivity contribution in [2.24, 2.45) is 0 Å². The smallest absolute Gasteiger partial charge is 0.326 e. The van der Waals surface area contributed by atoms with Gasteiger partial charge in [0.15, 0.2) is 5.15 Å². The Morgan fingerprint density at radius 1 is 1.79 bits per heavy atom. The molecular formula is C9H11ClN2O2. The van der Waals surface area contributed by atoms with Gasteiger partial charge in [-0.1, -0.05) is 18.5 Å². The third-order valence-electron chi connectivity index (χ3n) is 1.80. The molecule has 0 saturated carbocycles. The van der Waals surface area contributed by atoms with Gasteiger partial charge in [0.2, 0.25) is 0 Å². The SMILES string of the molecule is CCC(Nc1cccnc1Cl)C(=O)O. The Balaban J connectivity index is 2.77. The van der Waals surface area contributed by atoms with Crippen molar-refractivity contribution in [1.29, 1.82) is 0 Å². The van der Waals surface area contributed by atoms with E-state index in [9.17, 15) is 4.79 Å². The Morgan fingerprint density at radius 2 is 2.50 bits per heavy atom. The van der Waals surface area contributed by atoms with E-state index in [-0.39, 0.29) is 5.15 Å². The lowest BCUT2D eigenvalue weighted by molar-refractivity contribution is -0.137. The zero-order valence-corrected chi connectivity index (χ0v) is 8.45. The standard InChI is InChI=1S/C9H11ClN2O2/c1-2-6(9(13)14)12-7-4-3-5-11-8(7)10/h3-6,12H,2H2,1H3,(H,13,14). The maximum Gasteiger partial charge on any atom is 0.326 e. The molecule has 1 aromatic heterocycles. The van der Waals surface area contributed by atoms with Gasteiger partial charge in [-0.15, -0.1) is 0 Å². The predicted molar refractivity (Wildman–Crippen MR) is 54.6 cm³/mol. The normalized spacial score (nSPS) is 12.1. The Bertz CT molecular complexity index is 330. The molecule has 0 amide bonds. The van der Waals surface area contributed by atoms with Crippen molar-refractivity contribution in [3.8, 4) is 0 Å². The van der Waals surface area contributed by atoms with Gasteiger partial charge in [-0.3, -0.25) is 0 Å². The summed E-state index contributed by atoms with van der Waals surface area (Å²) in [5.74, 6) is -0.896. The van der Waals surface area contributed by atoms with Crippen LogP contribution in [0.3, 0.4) is 0 Å². The van der Waals surface area contributed by atoms with Gasteiger partial charge >= 0.3 is 5.97 Å². The third kappa shape index (κ3) is 2.60. The van der Waals surface area contributed by atoms with Crippen molar-refractivity contribution in [1.82, 2.24) is 4.98 Å². The lowest BCUT2D eigenvalue weighted by atomic mass is 10.2. The second-order valence-electron chi connectivity index (χ2n) is 2.79. The first-order valence-corrected chi connectivity index (χ1v) is 4.62. The van der Waals surface area contributed by atoms with Crippen LogP contribution in [0.15, 0.2) is 18.3 Å². The van der Waals surface area contributed by atoms with Crippen LogP contribution in [0.1, 0.15) is 13.3 Å². The average Bonchev–Trinajstić information content (AvgIpc) is 2.16. The topological polar surface area (TPSA) is 62.2 Å². The Hall–Kier alpha value is -1.29. The van der Waals surface area contributed by atoms with Crippen molar-refractivity contribution in [3.63, 3.8) is 0 Å². The van der Waals surface area contributed by atoms with Gasteiger partial charge in [0.05, 0.1) is 5.69 Å². The fourth-order valence-electron chi connectivity index (χ4n) is 1.02. The summed E-state index contributed by atoms with van der Waals surface area (Å²) in [6.45, 7) is 1.79. The molecule has 0 aliphatic heterocycles. The van der Waals surface area contributed by atoms with Gasteiger partial charge < -0.3 is 10.4 Å². The number of aromatic nitrogens is 1. The summed E-state index contributed by atoms with van der Waals surface area (Å²) in [7, 11) is 0. The number of pyridine rings is 1. The van der Waals surface area contributed by atoms with Crippen LogP contribution in [-0.4, -0.2) is 22.1 Å². The number of carboxylic acid groups (broad SMARTS) is 1. The molecule has 0 aliphatic carbocycles. The minimum Gasteiger partial charge on any atom is -0.480 e. The van der Waals surface area contributed by atoms with E-state index in [4.69, 9.17) is 16.7 Å². The molecule has 1 aromatic rings. The number of nitrogens with zero attached hydrogens (tertiary/aromatic N) is 1. The van der Waals surface area contributed by atoms with E-state index in [0.717, 1.165) is 0 Å². The molecule has 1 heterocycles. The molecule has 1 atom stereocenters. The van der Waals surface area contributed by atoms with Crippen molar-refractivity contribution >= 4 is 23.3 Å². The minimum absolute atomic E-state index is 0.284. The van der Waals surface area contributed by atoms with Gasteiger partial charge in [-0.05, 0) is 18.6 Å². The van der Waals surface area contributed by atoms with Crippen molar-refractivity contribution in [2.45, 2.75) is 19.4 Å². The van der Waals surface area contributed by atoms with E-state index in [2.05, 4.69) is 10.3 Å². The highest BCUT2D eigenvalue weighted by atomic mass is 35.5. The van der Waals surface area contributed by atoms with Crippen LogP contribution in [0.5, 0.6) is 0 Å². The molecule has 0 fully saturated rings. The molecule has 0 spiro atoms. The summed E-state index contributed by atoms with van der Waals surface area (Å²) < 4.78 is 0. The third-order valence-corrected chi connectivity index (χ3v) is 2.10. The lowest BCUT2D eigenvalue weighted by Gasteiger charge is -2.13. The summed E-state index contributed by atoms with van der Waals surface area (Å²) >= 11 is 5.76. The summed E-state index contributed by atoms with van der Waals surface area (Å²) in [5.41, 5.74) is 0.545. The van der Waals surface area contributed by atoms with E-state index in [1.54, 1.807) is 25.3 Å². The Labute approximate surface area is 86.9 Å². The maximum atomic E-state index is 10.7. The molecule has 14 heavy (non-hydrogen) atoms. The molecule has 0 radical (unpaired) electrons. The minimum atomic E-state index is -0.896. The molecule has 0 aromatic carbocycles. The Morgan fingerprint density at radius 3 is 3.00 bits per heavy atom. The molecule has 4 nitrogen and oxygen atoms in total. The highest BCUT2D eigenvalue weighted by Crippen LogP contribution is 2.18. The van der Waals surface area contributed by atoms with Gasteiger partial charge in [0.1, 0.15) is 6.04 Å². The summed E-state index contributed by atoms with van der Waals surface area (Å²) in [4.78, 5) is 14.6. The van der Waals surface area contributed by atoms with Gasteiger partial charge in [0.25, 0.3) is 0 Å². The molecule has 0 saturated heterocycles. The fraction of sp³-hybridized carbons (Fsp3) is 0.333. The van der Waals surface area contributed by atoms with Crippen molar-refractivity contribution < 1.29 is 9.90 Å². The zero-order valence-electron chi connectivity index (χ0n) is 7.70. The first kappa shape index (κ1) is 10.8. The monoisotopic (exact) mass is 214 g/mol. The number of rotatable bonds is 4. The van der Waals surface area contributed by atoms with E-state index in [0.29, 0.717) is 12.1 Å². The molecular weight excluding hydrogens is 204 g/mol. The molecule has 0 bridgehead atoms. The summed E-state index contributed by atoms with van der Waals surface area (Å²) in [5, 5.41) is 11.9. The number of carboxylic acids is 1. The zero-order chi connectivity index (χ0) is 10.6. The number of hydrogen-bond donors (Lipinski definition) is 2. The van der Waals surface area contributed by atoms with Gasteiger partial charge in [-0.25, -0.2) is 9.78 Å². The predicted octanol–water partition coefficient (Wildman–Crippen LogP) is 2.01. The number of carbonyl (C=O) groups is 1. The van der Waals surface area contributed by atoms with Crippen LogP contribution in [0.2, 0.25) is 5.15 Å². The fourth-order valence-corrected chi connectivity index (χ4v) is 1.19. The lowest BCUT2D eigenvalue weighted by Crippen LogP contribution is -2.28. The molecule has 76 valence electrons. The first-order valence-electron chi connectivity index (χ1n) is 4.25. The molecule has 1 unspecified atom stereocenters. The number of halogens is 1. The summed E-state index contributed by atoms with van der Waals surface area (Å²) in [6, 6.07) is 2.76. The van der Waals surface area contributed by atoms with E-state index >= 15 is 0 Å². The Kier molecular flexibility index (Phi) is 3.71. The largest absolute Gasteiger partial charge is 0.480 e. The highest BCUT2D eigenvalue weighted by Gasteiger charge is 2.15. The summed E-state index contributed by atoms with van der Waals surface area (Å²) in [6.07, 6.45) is 2.04. The van der Waals surface area contributed by atoms with Crippen LogP contribution in [0, 0.1) is 0 Å². The molecule has 1 rings (SSSR count). The van der Waals surface area contributed by atoms with E-state index in [1.165, 1.54) is 0 Å². The number of anilines is 1. The molecule has 5 heteroatoms. The highest BCUT2D eigenvalue weighted by molar-refractivity contribution is 6.32. The van der Waals surface area contributed by atoms with Crippen LogP contribution < -0.4 is 5.32 Å². The molecule has 2 N–H and O–H groups in total. The van der Waals surface area contributed by atoms with Gasteiger partial charge in [0, 0.05) is 6.20 Å². The van der Waals surface area contributed by atoms with E-state index < -0.39 is 12.0 Å². The number of nitrogens with one attached hydrogen (secondary N) is 1. The quantitative estimate of drug-likeness (QED) is 0.753. The van der Waals surface area contributed by atoms with Crippen LogP contribution in [-0.2, 0) is 4.79 Å².